The second kappa shape index (κ2) is 37.4. The summed E-state index contributed by atoms with van der Waals surface area (Å²) in [6.45, 7) is 15.4. The molecular weight excluding hydrogens is 1280 g/mol. The van der Waals surface area contributed by atoms with Crippen molar-refractivity contribution in [2.24, 2.45) is 23.7 Å². The van der Waals surface area contributed by atoms with Gasteiger partial charge in [-0.1, -0.05) is 74.3 Å². The minimum atomic E-state index is -5.05. The fraction of sp³-hybridized carbons (Fsp3) is 0.731. The lowest BCUT2D eigenvalue weighted by Crippen LogP contribution is -2.63. The Morgan fingerprint density at radius 1 is 0.598 bits per heavy atom. The highest BCUT2D eigenvalue weighted by atomic mass is 19.4. The Morgan fingerprint density at radius 3 is 1.64 bits per heavy atom. The van der Waals surface area contributed by atoms with Gasteiger partial charge in [0.05, 0.1) is 31.6 Å². The van der Waals surface area contributed by atoms with E-state index in [0.717, 1.165) is 40.4 Å². The van der Waals surface area contributed by atoms with Gasteiger partial charge in [0.25, 0.3) is 0 Å². The third kappa shape index (κ3) is 24.7. The van der Waals surface area contributed by atoms with Crippen molar-refractivity contribution < 1.29 is 83.9 Å². The van der Waals surface area contributed by atoms with Crippen LogP contribution in [-0.2, 0) is 70.1 Å². The van der Waals surface area contributed by atoms with E-state index >= 15 is 0 Å². The summed E-state index contributed by atoms with van der Waals surface area (Å²) in [7, 11) is 8.91. The number of aryl methyl sites for hydroxylation is 1. The van der Waals surface area contributed by atoms with E-state index in [9.17, 15) is 83.9 Å². The molecule has 0 radical (unpaired) electrons. The first kappa shape index (κ1) is 83.7. The maximum atomic E-state index is 15.0. The molecule has 30 heteroatoms. The summed E-state index contributed by atoms with van der Waals surface area (Å²) in [4.78, 5) is 183. The first-order valence-electron chi connectivity index (χ1n) is 33.4. The predicted octanol–water partition coefficient (Wildman–Crippen LogP) is 4.85. The standard InChI is InChI=1S/C67H106F6N12O12/c1-18-42(8)57-64(96)80(13)37-55(88)78(11)38-56(89)81(14)48(23-19-20-24-52(69)70)63(95)79(12)36-53(86)74-46(28-26-43-25-27-44(45(68)34-43)67(71,72)73)61(93)83(16)51(33-41(6)7)60(92)77-66(9,10)65(97)84(17)50(32-40(4)5)58(90)75-47(62(94)85-29-21-22-30-85)35-54(87)82(15)49(31-39(2)3)59(91)76-57/h25,27,34,39-42,46-52,57H,18-24,26,28-33,35-38H2,1-17H3,(H,74,86)(H,75,90)(H,76,91)(H,77,92)/t42-,46-,47?,48-,49-,50-,51-,57-/m0/s1. The molecule has 2 saturated heterocycles. The highest BCUT2D eigenvalue weighted by molar-refractivity contribution is 6.00. The van der Waals surface area contributed by atoms with E-state index in [4.69, 9.17) is 0 Å². The third-order valence-corrected chi connectivity index (χ3v) is 17.9. The molecule has 2 fully saturated rings. The zero-order chi connectivity index (χ0) is 73.9. The van der Waals surface area contributed by atoms with E-state index in [0.29, 0.717) is 44.5 Å². The van der Waals surface area contributed by atoms with Crippen molar-refractivity contribution in [2.75, 3.05) is 82.1 Å². The number of halogens is 6. The maximum Gasteiger partial charge on any atom is 0.419 e. The summed E-state index contributed by atoms with van der Waals surface area (Å²) in [5.74, 6) is -12.7. The number of alkyl halides is 5. The highest BCUT2D eigenvalue weighted by Gasteiger charge is 2.44. The molecule has 548 valence electrons. The number of nitrogens with zero attached hydrogens (tertiary/aromatic N) is 8. The Labute approximate surface area is 567 Å². The van der Waals surface area contributed by atoms with E-state index in [1.165, 1.54) is 68.1 Å². The second-order valence-electron chi connectivity index (χ2n) is 27.9. The number of carbonyl (C=O) groups is 12. The van der Waals surface area contributed by atoms with Crippen LogP contribution in [-0.4, -0.2) is 246 Å². The summed E-state index contributed by atoms with van der Waals surface area (Å²) in [6, 6.07) is -7.75. The molecule has 97 heavy (non-hydrogen) atoms. The van der Waals surface area contributed by atoms with E-state index in [2.05, 4.69) is 21.3 Å². The van der Waals surface area contributed by atoms with E-state index in [1.807, 2.05) is 13.8 Å². The molecule has 12 amide bonds. The van der Waals surface area contributed by atoms with E-state index < -0.39 is 188 Å². The van der Waals surface area contributed by atoms with Crippen LogP contribution in [0.25, 0.3) is 0 Å². The average molecular weight is 1390 g/mol. The summed E-state index contributed by atoms with van der Waals surface area (Å²) in [5.41, 5.74) is -3.45. The fourth-order valence-corrected chi connectivity index (χ4v) is 11.8. The molecule has 2 heterocycles. The van der Waals surface area contributed by atoms with Crippen LogP contribution in [0.2, 0.25) is 0 Å². The summed E-state index contributed by atoms with van der Waals surface area (Å²) < 4.78 is 82.6. The van der Waals surface area contributed by atoms with Gasteiger partial charge >= 0.3 is 6.18 Å². The number of unbranched alkanes of at least 4 members (excludes halogenated alkanes) is 1. The Morgan fingerprint density at radius 2 is 1.11 bits per heavy atom. The van der Waals surface area contributed by atoms with Crippen LogP contribution in [0.5, 0.6) is 0 Å². The Balaban J connectivity index is 2.30. The molecule has 2 aliphatic heterocycles. The number of hydrogen-bond donors (Lipinski definition) is 4. The average Bonchev–Trinajstić information content (AvgIpc) is 1.76. The molecule has 3 rings (SSSR count). The van der Waals surface area contributed by atoms with Crippen molar-refractivity contribution in [2.45, 2.75) is 213 Å². The van der Waals surface area contributed by atoms with Gasteiger partial charge in [0.15, 0.2) is 0 Å². The van der Waals surface area contributed by atoms with Crippen molar-refractivity contribution in [3.05, 3.63) is 35.1 Å². The second-order valence-corrected chi connectivity index (χ2v) is 27.9. The molecule has 2 aliphatic rings. The van der Waals surface area contributed by atoms with Gasteiger partial charge in [0, 0.05) is 68.8 Å². The van der Waals surface area contributed by atoms with Gasteiger partial charge in [0.1, 0.15) is 53.6 Å². The number of likely N-dealkylation sites (tertiary alicyclic amines) is 1. The quantitative estimate of drug-likeness (QED) is 0.120. The Bertz CT molecular complexity index is 2930. The van der Waals surface area contributed by atoms with Gasteiger partial charge in [0.2, 0.25) is 77.3 Å². The number of hydrogen-bond acceptors (Lipinski definition) is 12. The van der Waals surface area contributed by atoms with Gasteiger partial charge in [-0.25, -0.2) is 13.2 Å². The molecule has 4 N–H and O–H groups in total. The number of amides is 12. The lowest BCUT2D eigenvalue weighted by molar-refractivity contribution is -0.149. The molecule has 0 aromatic heterocycles. The lowest BCUT2D eigenvalue weighted by Gasteiger charge is -2.38. The molecule has 0 spiro atoms. The summed E-state index contributed by atoms with van der Waals surface area (Å²) in [6.07, 6.45) is -8.36. The number of nitrogens with one attached hydrogen (secondary N) is 4. The lowest BCUT2D eigenvalue weighted by atomic mass is 9.95. The van der Waals surface area contributed by atoms with Gasteiger partial charge in [-0.15, -0.1) is 0 Å². The molecule has 0 saturated carbocycles. The Hall–Kier alpha value is -7.56. The van der Waals surface area contributed by atoms with Crippen molar-refractivity contribution >= 4 is 70.9 Å². The van der Waals surface area contributed by atoms with Gasteiger partial charge in [-0.2, -0.15) is 13.2 Å². The van der Waals surface area contributed by atoms with Gasteiger partial charge in [-0.05, 0) is 113 Å². The zero-order valence-electron chi connectivity index (χ0n) is 59.6. The summed E-state index contributed by atoms with van der Waals surface area (Å²) >= 11 is 0. The van der Waals surface area contributed by atoms with Crippen LogP contribution in [0, 0.1) is 29.5 Å². The van der Waals surface area contributed by atoms with Crippen molar-refractivity contribution in [1.29, 1.82) is 0 Å². The van der Waals surface area contributed by atoms with Crippen LogP contribution in [0.1, 0.15) is 157 Å². The topological polar surface area (TPSA) is 279 Å². The highest BCUT2D eigenvalue weighted by Crippen LogP contribution is 2.32. The number of rotatable bonds is 17. The van der Waals surface area contributed by atoms with Crippen LogP contribution in [0.4, 0.5) is 26.3 Å². The van der Waals surface area contributed by atoms with E-state index in [-0.39, 0.29) is 68.3 Å². The Kier molecular flexibility index (Phi) is 32.3. The molecule has 0 aliphatic carbocycles. The molecule has 1 unspecified atom stereocenters. The largest absolute Gasteiger partial charge is 0.419 e. The zero-order valence-corrected chi connectivity index (χ0v) is 59.6. The molecule has 8 atom stereocenters. The number of likely N-dealkylation sites (N-methyl/N-ethyl adjacent to an activating group) is 7. The van der Waals surface area contributed by atoms with Crippen LogP contribution < -0.4 is 21.3 Å². The minimum absolute atomic E-state index is 0.00753. The van der Waals surface area contributed by atoms with Gasteiger partial charge < -0.3 is 60.5 Å². The predicted molar refractivity (Wildman–Crippen MR) is 350 cm³/mol. The van der Waals surface area contributed by atoms with E-state index in [1.54, 1.807) is 41.5 Å². The smallest absolute Gasteiger partial charge is 0.343 e. The summed E-state index contributed by atoms with van der Waals surface area (Å²) in [5, 5.41) is 10.8. The van der Waals surface area contributed by atoms with Crippen molar-refractivity contribution in [3.63, 3.8) is 0 Å². The fourth-order valence-electron chi connectivity index (χ4n) is 11.8. The SMILES string of the molecule is CC[C@H](C)[C@@H]1NC(=O)[C@H](CC(C)C)N(C)C(=O)CC(C(=O)N2CCCC2)NC(=O)[C@H](CC(C)C)N(C)C(=O)C(C)(C)NC(=O)[C@H](CC(C)C)N(C)C(=O)[C@H](CCc2ccc(C(F)(F)F)c(F)c2)NC(=O)CN(C)C(=O)[C@H](CCCCC(F)F)N(C)C(=O)CN(C)C(=O)CN(C)C1=O. The number of carbonyl (C=O) groups excluding carboxylic acids is 12. The first-order valence-corrected chi connectivity index (χ1v) is 33.4. The normalized spacial score (nSPS) is 23.8. The number of benzene rings is 1. The van der Waals surface area contributed by atoms with Crippen LogP contribution >= 0.6 is 0 Å². The monoisotopic (exact) mass is 1380 g/mol. The van der Waals surface area contributed by atoms with Crippen LogP contribution in [0.15, 0.2) is 18.2 Å². The third-order valence-electron chi connectivity index (χ3n) is 17.9. The minimum Gasteiger partial charge on any atom is -0.343 e. The molecular formula is C67H106F6N12O12. The van der Waals surface area contributed by atoms with Crippen molar-refractivity contribution in [1.82, 2.24) is 60.5 Å². The first-order chi connectivity index (χ1) is 44.9. The molecule has 1 aromatic rings. The maximum absolute atomic E-state index is 15.0. The van der Waals surface area contributed by atoms with Crippen LogP contribution in [0.3, 0.4) is 0 Å². The molecule has 0 bridgehead atoms. The van der Waals surface area contributed by atoms with Crippen molar-refractivity contribution in [3.8, 4) is 0 Å². The molecule has 24 nitrogen and oxygen atoms in total. The molecule has 1 aromatic carbocycles. The van der Waals surface area contributed by atoms with Gasteiger partial charge in [-0.3, -0.25) is 57.5 Å².